The molecule has 1 unspecified atom stereocenters. The zero-order valence-electron chi connectivity index (χ0n) is 9.39. The van der Waals surface area contributed by atoms with Crippen molar-refractivity contribution in [3.8, 4) is 0 Å². The van der Waals surface area contributed by atoms with Crippen LogP contribution in [0.25, 0.3) is 0 Å². The first-order valence-corrected chi connectivity index (χ1v) is 5.52. The Morgan fingerprint density at radius 1 is 1.62 bits per heavy atom. The smallest absolute Gasteiger partial charge is 0.307 e. The monoisotopic (exact) mass is 220 g/mol. The van der Waals surface area contributed by atoms with Gasteiger partial charge in [-0.2, -0.15) is 0 Å². The summed E-state index contributed by atoms with van der Waals surface area (Å²) in [5.74, 6) is -0.884. The van der Waals surface area contributed by atoms with Gasteiger partial charge in [-0.3, -0.25) is 14.7 Å². The maximum Gasteiger partial charge on any atom is 0.307 e. The van der Waals surface area contributed by atoms with Gasteiger partial charge in [-0.1, -0.05) is 6.07 Å². The molecule has 1 aliphatic rings. The Bertz CT molecular complexity index is 375. The van der Waals surface area contributed by atoms with Gasteiger partial charge in [0.15, 0.2) is 0 Å². The van der Waals surface area contributed by atoms with Crippen molar-refractivity contribution < 1.29 is 9.90 Å². The molecular weight excluding hydrogens is 204 g/mol. The second-order valence-electron chi connectivity index (χ2n) is 4.39. The molecule has 0 amide bonds. The molecule has 1 N–H and O–H groups in total. The SMILES string of the molecule is Cc1ccc(CN2CCC(C(=O)O)C2)nc1. The first-order valence-electron chi connectivity index (χ1n) is 5.52. The van der Waals surface area contributed by atoms with E-state index >= 15 is 0 Å². The van der Waals surface area contributed by atoms with E-state index in [9.17, 15) is 4.79 Å². The van der Waals surface area contributed by atoms with E-state index in [1.807, 2.05) is 25.3 Å². The molecule has 2 rings (SSSR count). The van der Waals surface area contributed by atoms with Crippen molar-refractivity contribution in [3.63, 3.8) is 0 Å². The lowest BCUT2D eigenvalue weighted by Gasteiger charge is -2.14. The van der Waals surface area contributed by atoms with E-state index in [-0.39, 0.29) is 5.92 Å². The molecule has 1 aromatic heterocycles. The molecule has 0 bridgehead atoms. The quantitative estimate of drug-likeness (QED) is 0.834. The van der Waals surface area contributed by atoms with Crippen molar-refractivity contribution in [2.45, 2.75) is 19.9 Å². The predicted molar refractivity (Wildman–Crippen MR) is 60.0 cm³/mol. The molecule has 0 aliphatic carbocycles. The number of hydrogen-bond acceptors (Lipinski definition) is 3. The Labute approximate surface area is 94.9 Å². The molecule has 1 atom stereocenters. The van der Waals surface area contributed by atoms with E-state index in [2.05, 4.69) is 9.88 Å². The minimum Gasteiger partial charge on any atom is -0.481 e. The first-order chi connectivity index (χ1) is 7.65. The van der Waals surface area contributed by atoms with Crippen LogP contribution >= 0.6 is 0 Å². The normalized spacial score (nSPS) is 21.2. The van der Waals surface area contributed by atoms with E-state index in [1.54, 1.807) is 0 Å². The number of hydrogen-bond donors (Lipinski definition) is 1. The second kappa shape index (κ2) is 4.61. The number of aryl methyl sites for hydroxylation is 1. The highest BCUT2D eigenvalue weighted by Gasteiger charge is 2.27. The van der Waals surface area contributed by atoms with Crippen LogP contribution in [-0.2, 0) is 11.3 Å². The van der Waals surface area contributed by atoms with E-state index in [0.717, 1.165) is 30.8 Å². The van der Waals surface area contributed by atoms with Gasteiger partial charge in [-0.05, 0) is 31.5 Å². The Kier molecular flexibility index (Phi) is 3.19. The van der Waals surface area contributed by atoms with Crippen molar-refractivity contribution >= 4 is 5.97 Å². The summed E-state index contributed by atoms with van der Waals surface area (Å²) in [4.78, 5) is 17.3. The van der Waals surface area contributed by atoms with Crippen LogP contribution in [-0.4, -0.2) is 34.0 Å². The third-order valence-corrected chi connectivity index (χ3v) is 2.98. The molecule has 1 aliphatic heterocycles. The lowest BCUT2D eigenvalue weighted by molar-refractivity contribution is -0.141. The lowest BCUT2D eigenvalue weighted by atomic mass is 10.1. The average Bonchev–Trinajstić information content (AvgIpc) is 2.70. The van der Waals surface area contributed by atoms with Gasteiger partial charge in [-0.15, -0.1) is 0 Å². The predicted octanol–water partition coefficient (Wildman–Crippen LogP) is 1.30. The van der Waals surface area contributed by atoms with Crippen LogP contribution in [0, 0.1) is 12.8 Å². The zero-order chi connectivity index (χ0) is 11.5. The highest BCUT2D eigenvalue weighted by Crippen LogP contribution is 2.18. The highest BCUT2D eigenvalue weighted by molar-refractivity contribution is 5.70. The summed E-state index contributed by atoms with van der Waals surface area (Å²) in [6.07, 6.45) is 2.60. The molecule has 2 heterocycles. The van der Waals surface area contributed by atoms with Crippen LogP contribution in [0.5, 0.6) is 0 Å². The van der Waals surface area contributed by atoms with Gasteiger partial charge in [0, 0.05) is 19.3 Å². The molecule has 0 aromatic carbocycles. The molecule has 1 aromatic rings. The molecule has 86 valence electrons. The fraction of sp³-hybridized carbons (Fsp3) is 0.500. The van der Waals surface area contributed by atoms with Crippen LogP contribution in [0.15, 0.2) is 18.3 Å². The zero-order valence-corrected chi connectivity index (χ0v) is 9.39. The molecule has 0 radical (unpaired) electrons. The summed E-state index contributed by atoms with van der Waals surface area (Å²) < 4.78 is 0. The third kappa shape index (κ3) is 2.58. The molecule has 1 fully saturated rings. The minimum atomic E-state index is -0.681. The summed E-state index contributed by atoms with van der Waals surface area (Å²) in [6, 6.07) is 4.04. The molecule has 1 saturated heterocycles. The van der Waals surface area contributed by atoms with E-state index in [1.165, 1.54) is 0 Å². The number of aliphatic carboxylic acids is 1. The summed E-state index contributed by atoms with van der Waals surface area (Å²) in [6.45, 7) is 4.26. The fourth-order valence-corrected chi connectivity index (χ4v) is 2.00. The van der Waals surface area contributed by atoms with Gasteiger partial charge in [0.05, 0.1) is 11.6 Å². The molecule has 0 spiro atoms. The molecule has 16 heavy (non-hydrogen) atoms. The van der Waals surface area contributed by atoms with Crippen molar-refractivity contribution in [1.29, 1.82) is 0 Å². The summed E-state index contributed by atoms with van der Waals surface area (Å²) in [5.41, 5.74) is 2.16. The minimum absolute atomic E-state index is 0.203. The van der Waals surface area contributed by atoms with Crippen molar-refractivity contribution in [2.24, 2.45) is 5.92 Å². The largest absolute Gasteiger partial charge is 0.481 e. The number of pyridine rings is 1. The Balaban J connectivity index is 1.92. The average molecular weight is 220 g/mol. The Hall–Kier alpha value is -1.42. The Morgan fingerprint density at radius 3 is 3.00 bits per heavy atom. The molecule has 4 nitrogen and oxygen atoms in total. The van der Waals surface area contributed by atoms with Gasteiger partial charge in [-0.25, -0.2) is 0 Å². The summed E-state index contributed by atoms with van der Waals surface area (Å²) in [7, 11) is 0. The molecule has 4 heteroatoms. The van der Waals surface area contributed by atoms with Crippen LogP contribution in [0.3, 0.4) is 0 Å². The second-order valence-corrected chi connectivity index (χ2v) is 4.39. The third-order valence-electron chi connectivity index (χ3n) is 2.98. The van der Waals surface area contributed by atoms with Gasteiger partial charge < -0.3 is 5.11 Å². The number of carboxylic acid groups (broad SMARTS) is 1. The fourth-order valence-electron chi connectivity index (χ4n) is 2.00. The van der Waals surface area contributed by atoms with Gasteiger partial charge >= 0.3 is 5.97 Å². The number of carbonyl (C=O) groups is 1. The highest BCUT2D eigenvalue weighted by atomic mass is 16.4. The first kappa shape index (κ1) is 11.1. The number of rotatable bonds is 3. The number of aromatic nitrogens is 1. The van der Waals surface area contributed by atoms with E-state index in [4.69, 9.17) is 5.11 Å². The van der Waals surface area contributed by atoms with E-state index < -0.39 is 5.97 Å². The van der Waals surface area contributed by atoms with Crippen LogP contribution in [0.4, 0.5) is 0 Å². The van der Waals surface area contributed by atoms with E-state index in [0.29, 0.717) is 6.54 Å². The number of likely N-dealkylation sites (tertiary alicyclic amines) is 1. The van der Waals surface area contributed by atoms with Crippen LogP contribution in [0.1, 0.15) is 17.7 Å². The maximum atomic E-state index is 10.8. The molecule has 0 saturated carbocycles. The van der Waals surface area contributed by atoms with Gasteiger partial charge in [0.2, 0.25) is 0 Å². The summed E-state index contributed by atoms with van der Waals surface area (Å²) >= 11 is 0. The number of nitrogens with zero attached hydrogens (tertiary/aromatic N) is 2. The van der Waals surface area contributed by atoms with Crippen molar-refractivity contribution in [1.82, 2.24) is 9.88 Å². The number of carboxylic acids is 1. The van der Waals surface area contributed by atoms with Gasteiger partial charge in [0.25, 0.3) is 0 Å². The van der Waals surface area contributed by atoms with Crippen molar-refractivity contribution in [3.05, 3.63) is 29.6 Å². The van der Waals surface area contributed by atoms with Gasteiger partial charge in [0.1, 0.15) is 0 Å². The molecular formula is C12H16N2O2. The topological polar surface area (TPSA) is 53.4 Å². The summed E-state index contributed by atoms with van der Waals surface area (Å²) in [5, 5.41) is 8.89. The standard InChI is InChI=1S/C12H16N2O2/c1-9-2-3-11(13-6-9)8-14-5-4-10(7-14)12(15)16/h2-3,6,10H,4-5,7-8H2,1H3,(H,15,16). The maximum absolute atomic E-state index is 10.8. The van der Waals surface area contributed by atoms with Crippen LogP contribution in [0.2, 0.25) is 0 Å². The Morgan fingerprint density at radius 2 is 2.44 bits per heavy atom. The van der Waals surface area contributed by atoms with Crippen molar-refractivity contribution in [2.75, 3.05) is 13.1 Å². The lowest BCUT2D eigenvalue weighted by Crippen LogP contribution is -2.23. The van der Waals surface area contributed by atoms with Crippen LogP contribution < -0.4 is 0 Å².